The zero-order valence-corrected chi connectivity index (χ0v) is 12.7. The fourth-order valence-corrected chi connectivity index (χ4v) is 3.03. The molecule has 1 N–H and O–H groups in total. The lowest BCUT2D eigenvalue weighted by molar-refractivity contribution is 0.112. The zero-order chi connectivity index (χ0) is 14.5. The fraction of sp³-hybridized carbons (Fsp3) is 0.625. The summed E-state index contributed by atoms with van der Waals surface area (Å²) in [7, 11) is 3.50. The summed E-state index contributed by atoms with van der Waals surface area (Å²) in [4.78, 5) is 2.39. The maximum atomic E-state index is 14.3. The number of halogens is 1. The van der Waals surface area contributed by atoms with Gasteiger partial charge in [-0.15, -0.1) is 0 Å². The summed E-state index contributed by atoms with van der Waals surface area (Å²) < 4.78 is 19.3. The average Bonchev–Trinajstić information content (AvgIpc) is 2.49. The number of nitrogens with zero attached hydrogens (tertiary/aromatic N) is 1. The molecule has 1 heterocycles. The van der Waals surface area contributed by atoms with Crippen molar-refractivity contribution in [3.63, 3.8) is 0 Å². The van der Waals surface area contributed by atoms with Crippen LogP contribution >= 0.6 is 0 Å². The number of hydrogen-bond donors (Lipinski definition) is 1. The molecule has 0 saturated carbocycles. The minimum absolute atomic E-state index is 0.226. The van der Waals surface area contributed by atoms with Crippen LogP contribution in [-0.4, -0.2) is 37.7 Å². The first-order valence-electron chi connectivity index (χ1n) is 7.40. The van der Waals surface area contributed by atoms with Gasteiger partial charge < -0.3 is 10.1 Å². The molecule has 1 aliphatic heterocycles. The molecular formula is C16H25FN2O. The van der Waals surface area contributed by atoms with E-state index in [9.17, 15) is 4.39 Å². The van der Waals surface area contributed by atoms with E-state index in [1.54, 1.807) is 6.07 Å². The predicted molar refractivity (Wildman–Crippen MR) is 79.5 cm³/mol. The third kappa shape index (κ3) is 3.30. The van der Waals surface area contributed by atoms with Crippen LogP contribution in [0.2, 0.25) is 0 Å². The quantitative estimate of drug-likeness (QED) is 0.897. The highest BCUT2D eigenvalue weighted by atomic mass is 19.1. The Bertz CT molecular complexity index is 438. The van der Waals surface area contributed by atoms with Crippen molar-refractivity contribution in [2.24, 2.45) is 0 Å². The summed E-state index contributed by atoms with van der Waals surface area (Å²) >= 11 is 0. The van der Waals surface area contributed by atoms with Crippen LogP contribution in [0.15, 0.2) is 18.2 Å². The van der Waals surface area contributed by atoms with Crippen LogP contribution in [0.5, 0.6) is 5.75 Å². The van der Waals surface area contributed by atoms with Gasteiger partial charge in [0.2, 0.25) is 0 Å². The fourth-order valence-electron chi connectivity index (χ4n) is 3.03. The zero-order valence-electron chi connectivity index (χ0n) is 12.7. The van der Waals surface area contributed by atoms with Crippen LogP contribution < -0.4 is 10.1 Å². The van der Waals surface area contributed by atoms with E-state index in [2.05, 4.69) is 17.1 Å². The average molecular weight is 280 g/mol. The third-order valence-electron chi connectivity index (χ3n) is 4.33. The molecule has 1 saturated heterocycles. The van der Waals surface area contributed by atoms with Gasteiger partial charge in [0.05, 0.1) is 7.11 Å². The molecule has 112 valence electrons. The molecule has 0 bridgehead atoms. The molecule has 0 aliphatic carbocycles. The normalized spacial score (nSPS) is 21.7. The second-order valence-corrected chi connectivity index (χ2v) is 5.54. The maximum Gasteiger partial charge on any atom is 0.169 e. The van der Waals surface area contributed by atoms with Gasteiger partial charge in [-0.25, -0.2) is 4.39 Å². The molecule has 20 heavy (non-hydrogen) atoms. The van der Waals surface area contributed by atoms with E-state index in [-0.39, 0.29) is 5.82 Å². The Kier molecular flexibility index (Phi) is 5.38. The first-order valence-corrected chi connectivity index (χ1v) is 7.40. The summed E-state index contributed by atoms with van der Waals surface area (Å²) in [5, 5.41) is 3.33. The molecule has 1 aliphatic rings. The first-order chi connectivity index (χ1) is 9.67. The van der Waals surface area contributed by atoms with E-state index in [1.807, 2.05) is 19.2 Å². The second kappa shape index (κ2) is 7.04. The van der Waals surface area contributed by atoms with Gasteiger partial charge in [-0.2, -0.15) is 0 Å². The Labute approximate surface area is 121 Å². The summed E-state index contributed by atoms with van der Waals surface area (Å²) in [6, 6.07) is 6.27. The molecular weight excluding hydrogens is 255 g/mol. The van der Waals surface area contributed by atoms with E-state index in [4.69, 9.17) is 4.74 Å². The molecule has 1 aromatic rings. The standard InChI is InChI=1S/C16H25FN2O/c1-12(18-2)14-8-4-5-10-19(14)11-13-7-6-9-15(20-3)16(13)17/h6-7,9,12,14,18H,4-5,8,10-11H2,1-3H3. The van der Waals surface area contributed by atoms with Gasteiger partial charge in [-0.1, -0.05) is 18.6 Å². The summed E-state index contributed by atoms with van der Waals surface area (Å²) in [6.07, 6.45) is 3.62. The van der Waals surface area contributed by atoms with Crippen LogP contribution in [-0.2, 0) is 6.54 Å². The first kappa shape index (κ1) is 15.3. The van der Waals surface area contributed by atoms with E-state index >= 15 is 0 Å². The minimum atomic E-state index is -0.226. The predicted octanol–water partition coefficient (Wildman–Crippen LogP) is 2.80. The number of rotatable bonds is 5. The van der Waals surface area contributed by atoms with Crippen molar-refractivity contribution in [3.05, 3.63) is 29.6 Å². The van der Waals surface area contributed by atoms with E-state index < -0.39 is 0 Å². The molecule has 3 nitrogen and oxygen atoms in total. The second-order valence-electron chi connectivity index (χ2n) is 5.54. The number of likely N-dealkylation sites (tertiary alicyclic amines) is 1. The Balaban J connectivity index is 2.14. The van der Waals surface area contributed by atoms with Gasteiger partial charge in [0.1, 0.15) is 0 Å². The van der Waals surface area contributed by atoms with Crippen molar-refractivity contribution in [2.45, 2.75) is 44.8 Å². The monoisotopic (exact) mass is 280 g/mol. The molecule has 1 fully saturated rings. The van der Waals surface area contributed by atoms with Crippen molar-refractivity contribution in [2.75, 3.05) is 20.7 Å². The topological polar surface area (TPSA) is 24.5 Å². The van der Waals surface area contributed by atoms with E-state index in [1.165, 1.54) is 26.4 Å². The third-order valence-corrected chi connectivity index (χ3v) is 4.33. The molecule has 4 heteroatoms. The Morgan fingerprint density at radius 3 is 2.95 bits per heavy atom. The lowest BCUT2D eigenvalue weighted by Gasteiger charge is -2.39. The highest BCUT2D eigenvalue weighted by Crippen LogP contribution is 2.25. The lowest BCUT2D eigenvalue weighted by atomic mass is 9.96. The Hall–Kier alpha value is -1.13. The van der Waals surface area contributed by atoms with Crippen molar-refractivity contribution in [3.8, 4) is 5.75 Å². The smallest absolute Gasteiger partial charge is 0.169 e. The van der Waals surface area contributed by atoms with E-state index in [0.717, 1.165) is 12.1 Å². The Morgan fingerprint density at radius 1 is 1.45 bits per heavy atom. The minimum Gasteiger partial charge on any atom is -0.494 e. The van der Waals surface area contributed by atoms with Gasteiger partial charge in [-0.05, 0) is 39.4 Å². The molecule has 0 amide bonds. The highest BCUT2D eigenvalue weighted by Gasteiger charge is 2.27. The number of piperidine rings is 1. The van der Waals surface area contributed by atoms with Crippen LogP contribution in [0, 0.1) is 5.82 Å². The van der Waals surface area contributed by atoms with Gasteiger partial charge in [0.25, 0.3) is 0 Å². The van der Waals surface area contributed by atoms with Gasteiger partial charge in [0.15, 0.2) is 11.6 Å². The van der Waals surface area contributed by atoms with Crippen LogP contribution in [0.1, 0.15) is 31.7 Å². The summed E-state index contributed by atoms with van der Waals surface area (Å²) in [6.45, 7) is 3.89. The number of ether oxygens (including phenoxy) is 1. The molecule has 2 atom stereocenters. The number of hydrogen-bond acceptors (Lipinski definition) is 3. The van der Waals surface area contributed by atoms with E-state index in [0.29, 0.717) is 24.4 Å². The van der Waals surface area contributed by atoms with Gasteiger partial charge >= 0.3 is 0 Å². The Morgan fingerprint density at radius 2 is 2.25 bits per heavy atom. The summed E-state index contributed by atoms with van der Waals surface area (Å²) in [5.74, 6) is 0.106. The number of likely N-dealkylation sites (N-methyl/N-ethyl adjacent to an activating group) is 1. The number of benzene rings is 1. The summed E-state index contributed by atoms with van der Waals surface area (Å²) in [5.41, 5.74) is 0.722. The van der Waals surface area contributed by atoms with Gasteiger partial charge in [0, 0.05) is 24.2 Å². The molecule has 2 unspecified atom stereocenters. The molecule has 1 aromatic carbocycles. The SMILES string of the molecule is CNC(C)C1CCCCN1Cc1cccc(OC)c1F. The highest BCUT2D eigenvalue weighted by molar-refractivity contribution is 5.31. The molecule has 0 aromatic heterocycles. The number of nitrogens with one attached hydrogen (secondary N) is 1. The van der Waals surface area contributed by atoms with Crippen LogP contribution in [0.25, 0.3) is 0 Å². The lowest BCUT2D eigenvalue weighted by Crippen LogP contribution is -2.49. The maximum absolute atomic E-state index is 14.3. The molecule has 2 rings (SSSR count). The number of methoxy groups -OCH3 is 1. The largest absolute Gasteiger partial charge is 0.494 e. The van der Waals surface area contributed by atoms with Crippen molar-refractivity contribution < 1.29 is 9.13 Å². The molecule has 0 radical (unpaired) electrons. The van der Waals surface area contributed by atoms with Crippen LogP contribution in [0.3, 0.4) is 0 Å². The van der Waals surface area contributed by atoms with Crippen LogP contribution in [0.4, 0.5) is 4.39 Å². The van der Waals surface area contributed by atoms with Crippen molar-refractivity contribution in [1.29, 1.82) is 0 Å². The van der Waals surface area contributed by atoms with Crippen molar-refractivity contribution in [1.82, 2.24) is 10.2 Å². The molecule has 0 spiro atoms. The van der Waals surface area contributed by atoms with Crippen molar-refractivity contribution >= 4 is 0 Å². The van der Waals surface area contributed by atoms with Gasteiger partial charge in [-0.3, -0.25) is 4.90 Å².